The lowest BCUT2D eigenvalue weighted by Gasteiger charge is -2.33. The predicted octanol–water partition coefficient (Wildman–Crippen LogP) is 2.59. The molecule has 5 heteroatoms. The predicted molar refractivity (Wildman–Crippen MR) is 83.7 cm³/mol. The molecule has 0 aliphatic carbocycles. The quantitative estimate of drug-likeness (QED) is 0.927. The number of aryl methyl sites for hydroxylation is 1. The van der Waals surface area contributed by atoms with Gasteiger partial charge < -0.3 is 5.73 Å². The van der Waals surface area contributed by atoms with E-state index in [0.29, 0.717) is 23.5 Å². The van der Waals surface area contributed by atoms with Gasteiger partial charge in [-0.25, -0.2) is 8.42 Å². The van der Waals surface area contributed by atoms with Crippen molar-refractivity contribution in [3.8, 4) is 0 Å². The van der Waals surface area contributed by atoms with Crippen LogP contribution in [-0.2, 0) is 10.0 Å². The Bertz CT molecular complexity index is 771. The third-order valence-electron chi connectivity index (χ3n) is 3.91. The van der Waals surface area contributed by atoms with Gasteiger partial charge in [-0.3, -0.25) is 4.31 Å². The normalized spacial score (nSPS) is 18.4. The van der Waals surface area contributed by atoms with Crippen LogP contribution in [-0.4, -0.2) is 15.0 Å². The van der Waals surface area contributed by atoms with Gasteiger partial charge in [-0.15, -0.1) is 0 Å². The third kappa shape index (κ3) is 2.32. The van der Waals surface area contributed by atoms with Crippen LogP contribution in [0.4, 0.5) is 5.69 Å². The summed E-state index contributed by atoms with van der Waals surface area (Å²) in [6, 6.07) is 14.4. The van der Waals surface area contributed by atoms with Crippen molar-refractivity contribution in [2.24, 2.45) is 5.73 Å². The van der Waals surface area contributed by atoms with Crippen LogP contribution in [0.15, 0.2) is 53.4 Å². The lowest BCUT2D eigenvalue weighted by atomic mass is 9.99. The second kappa shape index (κ2) is 5.16. The van der Waals surface area contributed by atoms with Crippen molar-refractivity contribution in [3.05, 3.63) is 59.7 Å². The second-order valence-corrected chi connectivity index (χ2v) is 7.13. The van der Waals surface area contributed by atoms with Crippen molar-refractivity contribution in [2.75, 3.05) is 10.8 Å². The molecule has 1 aliphatic heterocycles. The Morgan fingerprint density at radius 2 is 1.76 bits per heavy atom. The Morgan fingerprint density at radius 1 is 1.10 bits per heavy atom. The first-order valence-corrected chi connectivity index (χ1v) is 8.38. The van der Waals surface area contributed by atoms with Crippen molar-refractivity contribution in [3.63, 3.8) is 0 Å². The van der Waals surface area contributed by atoms with Gasteiger partial charge in [-0.2, -0.15) is 0 Å². The summed E-state index contributed by atoms with van der Waals surface area (Å²) in [6.45, 7) is 2.23. The SMILES string of the molecule is Cc1ccccc1S(=O)(=O)N1CCC(N)c2ccccc21. The molecule has 110 valence electrons. The van der Waals surface area contributed by atoms with E-state index in [9.17, 15) is 8.42 Å². The highest BCUT2D eigenvalue weighted by Crippen LogP contribution is 2.36. The van der Waals surface area contributed by atoms with Gasteiger partial charge in [0.1, 0.15) is 0 Å². The molecule has 2 aromatic rings. The number of rotatable bonds is 2. The smallest absolute Gasteiger partial charge is 0.264 e. The average molecular weight is 302 g/mol. The van der Waals surface area contributed by atoms with Gasteiger partial charge in [-0.1, -0.05) is 36.4 Å². The maximum atomic E-state index is 13.0. The Hall–Kier alpha value is -1.85. The lowest BCUT2D eigenvalue weighted by Crippen LogP contribution is -2.38. The number of hydrogen-bond donors (Lipinski definition) is 1. The van der Waals surface area contributed by atoms with Gasteiger partial charge in [0.25, 0.3) is 10.0 Å². The highest BCUT2D eigenvalue weighted by Gasteiger charge is 2.32. The zero-order valence-corrected chi connectivity index (χ0v) is 12.7. The minimum absolute atomic E-state index is 0.107. The number of nitrogens with two attached hydrogens (primary N) is 1. The highest BCUT2D eigenvalue weighted by molar-refractivity contribution is 7.92. The van der Waals surface area contributed by atoms with Crippen LogP contribution < -0.4 is 10.0 Å². The van der Waals surface area contributed by atoms with Crippen molar-refractivity contribution in [1.82, 2.24) is 0 Å². The number of anilines is 1. The molecule has 3 rings (SSSR count). The van der Waals surface area contributed by atoms with Crippen LogP contribution in [0.3, 0.4) is 0 Å². The van der Waals surface area contributed by atoms with E-state index in [4.69, 9.17) is 5.73 Å². The van der Waals surface area contributed by atoms with Crippen LogP contribution in [0.2, 0.25) is 0 Å². The summed E-state index contributed by atoms with van der Waals surface area (Å²) >= 11 is 0. The topological polar surface area (TPSA) is 63.4 Å². The zero-order valence-electron chi connectivity index (χ0n) is 11.9. The van der Waals surface area contributed by atoms with Crippen LogP contribution in [0.1, 0.15) is 23.6 Å². The maximum absolute atomic E-state index is 13.0. The molecule has 21 heavy (non-hydrogen) atoms. The Labute approximate surface area is 125 Å². The largest absolute Gasteiger partial charge is 0.324 e. The highest BCUT2D eigenvalue weighted by atomic mass is 32.2. The molecule has 1 atom stereocenters. The van der Waals surface area contributed by atoms with Gasteiger partial charge >= 0.3 is 0 Å². The third-order valence-corrected chi connectivity index (χ3v) is 5.88. The molecular weight excluding hydrogens is 284 g/mol. The van der Waals surface area contributed by atoms with Crippen molar-refractivity contribution < 1.29 is 8.42 Å². The van der Waals surface area contributed by atoms with Gasteiger partial charge in [0, 0.05) is 12.6 Å². The molecule has 0 saturated heterocycles. The Kier molecular flexibility index (Phi) is 3.47. The molecule has 4 nitrogen and oxygen atoms in total. The molecule has 1 aliphatic rings. The summed E-state index contributed by atoms with van der Waals surface area (Å²) in [5, 5.41) is 0. The monoisotopic (exact) mass is 302 g/mol. The summed E-state index contributed by atoms with van der Waals surface area (Å²) in [5.41, 5.74) is 8.44. The molecule has 0 bridgehead atoms. The van der Waals surface area contributed by atoms with E-state index in [-0.39, 0.29) is 6.04 Å². The maximum Gasteiger partial charge on any atom is 0.264 e. The number of hydrogen-bond acceptors (Lipinski definition) is 3. The minimum atomic E-state index is -3.55. The van der Waals surface area contributed by atoms with Gasteiger partial charge in [0.2, 0.25) is 0 Å². The molecule has 1 heterocycles. The van der Waals surface area contributed by atoms with Crippen molar-refractivity contribution in [1.29, 1.82) is 0 Å². The van der Waals surface area contributed by atoms with Crippen LogP contribution >= 0.6 is 0 Å². The molecule has 1 unspecified atom stereocenters. The second-order valence-electron chi connectivity index (χ2n) is 5.30. The molecule has 0 spiro atoms. The summed E-state index contributed by atoms with van der Waals surface area (Å²) in [4.78, 5) is 0.357. The van der Waals surface area contributed by atoms with E-state index in [1.807, 2.05) is 43.3 Å². The zero-order chi connectivity index (χ0) is 15.0. The first kappa shape index (κ1) is 14.1. The molecular formula is C16H18N2O2S. The van der Waals surface area contributed by atoms with Crippen LogP contribution in [0.25, 0.3) is 0 Å². The van der Waals surface area contributed by atoms with Gasteiger partial charge in [0.05, 0.1) is 10.6 Å². The van der Waals surface area contributed by atoms with Gasteiger partial charge in [0.15, 0.2) is 0 Å². The Balaban J connectivity index is 2.14. The van der Waals surface area contributed by atoms with Gasteiger partial charge in [-0.05, 0) is 36.6 Å². The molecule has 0 amide bonds. The summed E-state index contributed by atoms with van der Waals surface area (Å²) in [6.07, 6.45) is 0.627. The molecule has 0 fully saturated rings. The molecule has 2 N–H and O–H groups in total. The lowest BCUT2D eigenvalue weighted by molar-refractivity contribution is 0.574. The standard InChI is InChI=1S/C16H18N2O2S/c1-12-6-2-5-9-16(12)21(19,20)18-11-10-14(17)13-7-3-4-8-15(13)18/h2-9,14H,10-11,17H2,1H3. The molecule has 2 aromatic carbocycles. The number of fused-ring (bicyclic) bond motifs is 1. The van der Waals surface area contributed by atoms with Crippen LogP contribution in [0.5, 0.6) is 0 Å². The average Bonchev–Trinajstić information content (AvgIpc) is 2.48. The van der Waals surface area contributed by atoms with E-state index in [1.54, 1.807) is 12.1 Å². The fourth-order valence-electron chi connectivity index (χ4n) is 2.77. The van der Waals surface area contributed by atoms with E-state index < -0.39 is 10.0 Å². The summed E-state index contributed by atoms with van der Waals surface area (Å²) in [7, 11) is -3.55. The van der Waals surface area contributed by atoms with Crippen LogP contribution in [0, 0.1) is 6.92 Å². The first-order chi connectivity index (χ1) is 10.0. The Morgan fingerprint density at radius 3 is 2.52 bits per heavy atom. The number of sulfonamides is 1. The van der Waals surface area contributed by atoms with Crippen molar-refractivity contribution in [2.45, 2.75) is 24.3 Å². The van der Waals surface area contributed by atoms with Crippen molar-refractivity contribution >= 4 is 15.7 Å². The fraction of sp³-hybridized carbons (Fsp3) is 0.250. The molecule has 0 saturated carbocycles. The number of para-hydroxylation sites is 1. The van der Waals surface area contributed by atoms with E-state index in [0.717, 1.165) is 11.1 Å². The minimum Gasteiger partial charge on any atom is -0.324 e. The molecule has 0 aromatic heterocycles. The summed E-state index contributed by atoms with van der Waals surface area (Å²) < 4.78 is 27.4. The number of nitrogens with zero attached hydrogens (tertiary/aromatic N) is 1. The van der Waals surface area contributed by atoms with E-state index in [1.165, 1.54) is 4.31 Å². The first-order valence-electron chi connectivity index (χ1n) is 6.94. The molecule has 0 radical (unpaired) electrons. The number of benzene rings is 2. The van der Waals surface area contributed by atoms with E-state index >= 15 is 0 Å². The van der Waals surface area contributed by atoms with E-state index in [2.05, 4.69) is 0 Å². The summed E-state index contributed by atoms with van der Waals surface area (Å²) in [5.74, 6) is 0. The fourth-order valence-corrected chi connectivity index (χ4v) is 4.51.